The number of nitrogens with zero attached hydrogens (tertiary/aromatic N) is 4. The molecule has 1 atom stereocenters. The highest BCUT2D eigenvalue weighted by atomic mass is 32.1. The van der Waals surface area contributed by atoms with Crippen molar-refractivity contribution in [3.63, 3.8) is 0 Å². The van der Waals surface area contributed by atoms with Crippen LogP contribution >= 0.6 is 11.3 Å². The van der Waals surface area contributed by atoms with E-state index in [2.05, 4.69) is 4.98 Å². The van der Waals surface area contributed by atoms with Crippen LogP contribution in [-0.2, 0) is 20.8 Å². The van der Waals surface area contributed by atoms with Gasteiger partial charge in [-0.2, -0.15) is 0 Å². The van der Waals surface area contributed by atoms with Crippen LogP contribution in [0.3, 0.4) is 0 Å². The molecule has 1 saturated heterocycles. The molecule has 2 aromatic heterocycles. The van der Waals surface area contributed by atoms with Crippen LogP contribution in [0.25, 0.3) is 22.4 Å². The summed E-state index contributed by atoms with van der Waals surface area (Å²) in [4.78, 5) is 50.6. The second-order valence-electron chi connectivity index (χ2n) is 11.0. The Kier molecular flexibility index (Phi) is 8.29. The molecule has 0 spiro atoms. The number of hydrogen-bond acceptors (Lipinski definition) is 6. The Hall–Kier alpha value is -4.44. The van der Waals surface area contributed by atoms with Crippen LogP contribution in [0.5, 0.6) is 0 Å². The van der Waals surface area contributed by atoms with E-state index in [1.54, 1.807) is 33.5 Å². The fraction of sp³-hybridized carbons (Fsp3) is 0.303. The fourth-order valence-electron chi connectivity index (χ4n) is 5.55. The number of halogens is 1. The van der Waals surface area contributed by atoms with Crippen molar-refractivity contribution in [2.45, 2.75) is 51.0 Å². The molecule has 0 unspecified atom stereocenters. The minimum atomic E-state index is -1.03. The average molecular weight is 599 g/mol. The molecule has 2 amide bonds. The van der Waals surface area contributed by atoms with Gasteiger partial charge in [-0.1, -0.05) is 36.4 Å². The van der Waals surface area contributed by atoms with Gasteiger partial charge in [0, 0.05) is 41.7 Å². The molecule has 4 aromatic rings. The fourth-order valence-corrected chi connectivity index (χ4v) is 6.45. The summed E-state index contributed by atoms with van der Waals surface area (Å²) in [5.41, 5.74) is 3.43. The number of aromatic nitrogens is 2. The number of hydrogen-bond donors (Lipinski definition) is 1. The molecule has 6 rings (SSSR count). The normalized spacial score (nSPS) is 15.7. The van der Waals surface area contributed by atoms with Gasteiger partial charge in [0.15, 0.2) is 5.13 Å². The molecule has 8 nitrogen and oxygen atoms in total. The largest absolute Gasteiger partial charge is 0.481 e. The minimum absolute atomic E-state index is 0.0419. The topological polar surface area (TPSA) is 104 Å². The van der Waals surface area contributed by atoms with E-state index in [1.807, 2.05) is 36.4 Å². The van der Waals surface area contributed by atoms with Crippen LogP contribution in [0.1, 0.15) is 44.1 Å². The molecule has 220 valence electrons. The summed E-state index contributed by atoms with van der Waals surface area (Å²) >= 11 is 1.29. The molecule has 2 aromatic carbocycles. The highest BCUT2D eigenvalue weighted by molar-refractivity contribution is 7.14. The first-order valence-corrected chi connectivity index (χ1v) is 15.4. The number of carbonyl (C=O) groups is 3. The van der Waals surface area contributed by atoms with Gasteiger partial charge in [-0.05, 0) is 67.5 Å². The van der Waals surface area contributed by atoms with Gasteiger partial charge in [0.1, 0.15) is 11.6 Å². The van der Waals surface area contributed by atoms with Gasteiger partial charge in [-0.25, -0.2) is 14.4 Å². The van der Waals surface area contributed by atoms with E-state index < -0.39 is 17.7 Å². The van der Waals surface area contributed by atoms with Crippen molar-refractivity contribution in [1.82, 2.24) is 9.97 Å². The van der Waals surface area contributed by atoms with Gasteiger partial charge in [-0.3, -0.25) is 24.2 Å². The zero-order valence-corrected chi connectivity index (χ0v) is 24.3. The second kappa shape index (κ2) is 12.4. The summed E-state index contributed by atoms with van der Waals surface area (Å²) < 4.78 is 14.6. The van der Waals surface area contributed by atoms with Crippen molar-refractivity contribution in [2.75, 3.05) is 16.3 Å². The molecule has 1 N–H and O–H groups in total. The number of aliphatic carboxylic acids is 1. The molecular weight excluding hydrogens is 567 g/mol. The molecule has 43 heavy (non-hydrogen) atoms. The maximum absolute atomic E-state index is 14.6. The zero-order chi connectivity index (χ0) is 29.9. The van der Waals surface area contributed by atoms with Crippen molar-refractivity contribution in [3.05, 3.63) is 83.6 Å². The number of pyridine rings is 1. The predicted octanol–water partition coefficient (Wildman–Crippen LogP) is 6.36. The molecule has 2 fully saturated rings. The number of rotatable bonds is 10. The van der Waals surface area contributed by atoms with Crippen molar-refractivity contribution in [1.29, 1.82) is 0 Å². The molecule has 3 heterocycles. The Labute approximate surface area is 252 Å². The Bertz CT molecular complexity index is 1640. The van der Waals surface area contributed by atoms with E-state index in [4.69, 9.17) is 4.98 Å². The molecule has 1 saturated carbocycles. The Morgan fingerprint density at radius 2 is 1.88 bits per heavy atom. The Balaban J connectivity index is 1.29. The molecule has 0 bridgehead atoms. The van der Waals surface area contributed by atoms with E-state index in [9.17, 15) is 23.9 Å². The number of carboxylic acids is 1. The predicted molar refractivity (Wildman–Crippen MR) is 163 cm³/mol. The number of piperidine rings is 1. The minimum Gasteiger partial charge on any atom is -0.481 e. The van der Waals surface area contributed by atoms with Gasteiger partial charge in [0.25, 0.3) is 0 Å². The van der Waals surface area contributed by atoms with E-state index in [-0.39, 0.29) is 24.3 Å². The quantitative estimate of drug-likeness (QED) is 0.228. The average Bonchev–Trinajstić information content (AvgIpc) is 3.73. The third kappa shape index (κ3) is 6.49. The van der Waals surface area contributed by atoms with Crippen LogP contribution in [0.4, 0.5) is 15.3 Å². The lowest BCUT2D eigenvalue weighted by molar-refractivity contribution is -0.140. The molecule has 2 aliphatic rings. The number of thiazole rings is 1. The molecule has 1 aliphatic carbocycles. The SMILES string of the molecule is O=C(O)C[C@@H](Cc1ccccc1)C(=O)N(c1nc(-c2cc(F)ccc2-c2ccc(N3CCCCC3=O)nc2)cs1)C1CC1. The lowest BCUT2D eigenvalue weighted by Crippen LogP contribution is -2.39. The van der Waals surface area contributed by atoms with Crippen LogP contribution in [-0.4, -0.2) is 45.4 Å². The van der Waals surface area contributed by atoms with Gasteiger partial charge in [-0.15, -0.1) is 11.3 Å². The van der Waals surface area contributed by atoms with Crippen molar-refractivity contribution < 1.29 is 23.9 Å². The van der Waals surface area contributed by atoms with Crippen LogP contribution in [0.2, 0.25) is 0 Å². The van der Waals surface area contributed by atoms with Crippen molar-refractivity contribution in [2.24, 2.45) is 5.92 Å². The lowest BCUT2D eigenvalue weighted by Gasteiger charge is -2.25. The standard InChI is InChI=1S/C33H31FN4O4S/c34-24-10-13-26(22-9-14-29(35-19-22)37-15-5-4-8-30(37)39)27(18-24)28-20-43-33(36-28)38(25-11-12-25)32(42)23(17-31(40)41)16-21-6-2-1-3-7-21/h1-3,6-7,9-10,13-14,18-20,23,25H,4-5,8,11-12,15-17H2,(H,40,41)/t23-/m1/s1. The van der Waals surface area contributed by atoms with Crippen molar-refractivity contribution in [3.8, 4) is 22.4 Å². The zero-order valence-electron chi connectivity index (χ0n) is 23.5. The summed E-state index contributed by atoms with van der Waals surface area (Å²) in [5.74, 6) is -1.80. The van der Waals surface area contributed by atoms with Crippen molar-refractivity contribution >= 4 is 40.1 Å². The number of amides is 2. The summed E-state index contributed by atoms with van der Waals surface area (Å²) in [6, 6.07) is 17.5. The lowest BCUT2D eigenvalue weighted by atomic mass is 9.94. The molecule has 1 aliphatic heterocycles. The highest BCUT2D eigenvalue weighted by Gasteiger charge is 2.39. The third-order valence-electron chi connectivity index (χ3n) is 7.86. The first-order valence-electron chi connectivity index (χ1n) is 14.5. The van der Waals surface area contributed by atoms with E-state index in [1.165, 1.54) is 23.5 Å². The summed E-state index contributed by atoms with van der Waals surface area (Å²) in [6.07, 6.45) is 5.68. The summed E-state index contributed by atoms with van der Waals surface area (Å²) in [6.45, 7) is 0.642. The van der Waals surface area contributed by atoms with Gasteiger partial charge in [0.05, 0.1) is 18.0 Å². The molecular formula is C33H31FN4O4S. The monoisotopic (exact) mass is 598 g/mol. The highest BCUT2D eigenvalue weighted by Crippen LogP contribution is 2.40. The Morgan fingerprint density at radius 1 is 1.07 bits per heavy atom. The molecule has 0 radical (unpaired) electrons. The summed E-state index contributed by atoms with van der Waals surface area (Å²) in [7, 11) is 0. The third-order valence-corrected chi connectivity index (χ3v) is 8.70. The second-order valence-corrected chi connectivity index (χ2v) is 11.9. The van der Waals surface area contributed by atoms with Crippen LogP contribution in [0, 0.1) is 11.7 Å². The van der Waals surface area contributed by atoms with Crippen LogP contribution < -0.4 is 9.80 Å². The van der Waals surface area contributed by atoms with E-state index >= 15 is 0 Å². The first kappa shape index (κ1) is 28.7. The molecule has 10 heteroatoms. The van der Waals surface area contributed by atoms with Gasteiger partial charge in [0.2, 0.25) is 11.8 Å². The van der Waals surface area contributed by atoms with E-state index in [0.29, 0.717) is 41.6 Å². The maximum atomic E-state index is 14.6. The smallest absolute Gasteiger partial charge is 0.304 e. The number of benzene rings is 2. The first-order chi connectivity index (χ1) is 20.9. The number of anilines is 2. The van der Waals surface area contributed by atoms with Gasteiger partial charge >= 0.3 is 5.97 Å². The van der Waals surface area contributed by atoms with Gasteiger partial charge < -0.3 is 5.11 Å². The summed E-state index contributed by atoms with van der Waals surface area (Å²) in [5, 5.41) is 11.9. The van der Waals surface area contributed by atoms with E-state index in [0.717, 1.165) is 42.4 Å². The maximum Gasteiger partial charge on any atom is 0.304 e. The number of carboxylic acid groups (broad SMARTS) is 1. The number of carbonyl (C=O) groups excluding carboxylic acids is 2. The van der Waals surface area contributed by atoms with Crippen LogP contribution in [0.15, 0.2) is 72.2 Å². The Morgan fingerprint density at radius 3 is 2.58 bits per heavy atom.